The maximum Gasteiger partial charge on any atom is 0.199 e. The molecule has 2 nitrogen and oxygen atoms in total. The maximum atomic E-state index is 5.66. The highest BCUT2D eigenvalue weighted by atomic mass is 79.9. The van der Waals surface area contributed by atoms with Crippen molar-refractivity contribution in [2.45, 2.75) is 6.92 Å². The number of allylic oxidation sites excluding steroid dienone is 8. The van der Waals surface area contributed by atoms with Gasteiger partial charge in [-0.3, -0.25) is 0 Å². The predicted molar refractivity (Wildman–Crippen MR) is 84.2 cm³/mol. The van der Waals surface area contributed by atoms with Gasteiger partial charge in [0.1, 0.15) is 6.61 Å². The zero-order valence-corrected chi connectivity index (χ0v) is 12.4. The molecule has 0 aromatic carbocycles. The van der Waals surface area contributed by atoms with E-state index in [0.29, 0.717) is 6.61 Å². The lowest BCUT2D eigenvalue weighted by atomic mass is 10.1. The molecule has 0 N–H and O–H groups in total. The Hall–Kier alpha value is -1.61. The first kappa shape index (κ1) is 13.8. The van der Waals surface area contributed by atoms with Crippen molar-refractivity contribution in [2.24, 2.45) is 10.9 Å². The van der Waals surface area contributed by atoms with Crippen LogP contribution in [-0.2, 0) is 4.74 Å². The summed E-state index contributed by atoms with van der Waals surface area (Å²) in [7, 11) is 0. The Balaban J connectivity index is 2.14. The summed E-state index contributed by atoms with van der Waals surface area (Å²) in [5.41, 5.74) is 2.07. The number of aliphatic imine (C=N–C) groups is 1. The average Bonchev–Trinajstić information content (AvgIpc) is 2.71. The molecule has 0 spiro atoms. The van der Waals surface area contributed by atoms with Crippen molar-refractivity contribution in [2.75, 3.05) is 6.61 Å². The van der Waals surface area contributed by atoms with Gasteiger partial charge in [0.2, 0.25) is 0 Å². The van der Waals surface area contributed by atoms with Gasteiger partial charge in [-0.1, -0.05) is 59.0 Å². The van der Waals surface area contributed by atoms with Gasteiger partial charge in [-0.05, 0) is 24.6 Å². The van der Waals surface area contributed by atoms with Crippen molar-refractivity contribution in [3.05, 3.63) is 70.9 Å². The van der Waals surface area contributed by atoms with Crippen LogP contribution in [0.25, 0.3) is 0 Å². The second kappa shape index (κ2) is 6.53. The van der Waals surface area contributed by atoms with Gasteiger partial charge < -0.3 is 4.74 Å². The van der Waals surface area contributed by atoms with E-state index in [2.05, 4.69) is 39.7 Å². The molecule has 0 amide bonds. The lowest BCUT2D eigenvalue weighted by Gasteiger charge is -2.05. The number of rotatable bonds is 3. The monoisotopic (exact) mass is 317 g/mol. The van der Waals surface area contributed by atoms with Crippen LogP contribution in [0.2, 0.25) is 0 Å². The largest absolute Gasteiger partial charge is 0.474 e. The number of halogens is 1. The van der Waals surface area contributed by atoms with Crippen LogP contribution in [0.4, 0.5) is 0 Å². The molecule has 19 heavy (non-hydrogen) atoms. The van der Waals surface area contributed by atoms with Gasteiger partial charge in [0.15, 0.2) is 5.90 Å². The zero-order chi connectivity index (χ0) is 13.7. The molecule has 98 valence electrons. The number of nitrogens with zero attached hydrogens (tertiary/aromatic N) is 1. The molecule has 3 heteroatoms. The van der Waals surface area contributed by atoms with Crippen molar-refractivity contribution in [1.82, 2.24) is 0 Å². The Bertz CT molecular complexity index is 547. The van der Waals surface area contributed by atoms with Gasteiger partial charge in [0.05, 0.1) is 11.6 Å². The summed E-state index contributed by atoms with van der Waals surface area (Å²) >= 11 is 3.45. The van der Waals surface area contributed by atoms with E-state index in [1.54, 1.807) is 6.08 Å². The highest BCUT2D eigenvalue weighted by Gasteiger charge is 2.19. The van der Waals surface area contributed by atoms with Crippen molar-refractivity contribution < 1.29 is 4.74 Å². The molecule has 0 saturated carbocycles. The average molecular weight is 318 g/mol. The zero-order valence-electron chi connectivity index (χ0n) is 10.8. The van der Waals surface area contributed by atoms with E-state index in [4.69, 9.17) is 4.74 Å². The first-order valence-corrected chi connectivity index (χ1v) is 6.92. The molecule has 1 aliphatic heterocycles. The number of ether oxygens (including phenoxy) is 1. The van der Waals surface area contributed by atoms with Gasteiger partial charge in [-0.25, -0.2) is 4.99 Å². The third-order valence-corrected chi connectivity index (χ3v) is 3.25. The molecular formula is C16H16BrNO. The third kappa shape index (κ3) is 3.93. The lowest BCUT2D eigenvalue weighted by molar-refractivity contribution is 0.349. The van der Waals surface area contributed by atoms with Crippen LogP contribution < -0.4 is 0 Å². The van der Waals surface area contributed by atoms with Crippen molar-refractivity contribution in [1.29, 1.82) is 0 Å². The Morgan fingerprint density at radius 3 is 3.16 bits per heavy atom. The Labute approximate surface area is 122 Å². The summed E-state index contributed by atoms with van der Waals surface area (Å²) in [6, 6.07) is 0. The SMILES string of the molecule is C=C/C=C(C)\C=C1/COC(C2C=CC=C(Br)C=C2)=N1. The highest BCUT2D eigenvalue weighted by molar-refractivity contribution is 9.11. The minimum absolute atomic E-state index is 0.0980. The van der Waals surface area contributed by atoms with E-state index in [9.17, 15) is 0 Å². The van der Waals surface area contributed by atoms with Crippen LogP contribution in [0.15, 0.2) is 75.9 Å². The van der Waals surface area contributed by atoms with Gasteiger partial charge >= 0.3 is 0 Å². The van der Waals surface area contributed by atoms with Gasteiger partial charge in [0, 0.05) is 4.48 Å². The van der Waals surface area contributed by atoms with E-state index >= 15 is 0 Å². The van der Waals surface area contributed by atoms with E-state index in [-0.39, 0.29) is 5.92 Å². The van der Waals surface area contributed by atoms with Crippen LogP contribution in [0.3, 0.4) is 0 Å². The molecule has 2 rings (SSSR count). The smallest absolute Gasteiger partial charge is 0.199 e. The molecule has 2 aliphatic rings. The molecule has 1 aliphatic carbocycles. The van der Waals surface area contributed by atoms with E-state index in [0.717, 1.165) is 21.7 Å². The van der Waals surface area contributed by atoms with Gasteiger partial charge in [-0.2, -0.15) is 0 Å². The second-order valence-corrected chi connectivity index (χ2v) is 5.26. The number of hydrogen-bond donors (Lipinski definition) is 0. The quantitative estimate of drug-likeness (QED) is 0.704. The van der Waals surface area contributed by atoms with Crippen molar-refractivity contribution in [3.8, 4) is 0 Å². The summed E-state index contributed by atoms with van der Waals surface area (Å²) in [5, 5.41) is 0. The van der Waals surface area contributed by atoms with E-state index in [1.165, 1.54) is 0 Å². The van der Waals surface area contributed by atoms with Crippen LogP contribution in [0.5, 0.6) is 0 Å². The standard InChI is InChI=1S/C16H16BrNO/c1-3-5-12(2)10-15-11-19-16(18-15)13-6-4-7-14(17)9-8-13/h3-10,13H,1,11H2,2H3/b12-5-,15-10+. The fourth-order valence-electron chi connectivity index (χ4n) is 1.84. The third-order valence-electron chi connectivity index (χ3n) is 2.72. The Morgan fingerprint density at radius 1 is 1.53 bits per heavy atom. The predicted octanol–water partition coefficient (Wildman–Crippen LogP) is 4.45. The minimum Gasteiger partial charge on any atom is -0.474 e. The fourth-order valence-corrected chi connectivity index (χ4v) is 2.15. The molecular weight excluding hydrogens is 302 g/mol. The van der Waals surface area contributed by atoms with Crippen molar-refractivity contribution >= 4 is 21.8 Å². The van der Waals surface area contributed by atoms with Crippen LogP contribution in [0.1, 0.15) is 6.92 Å². The van der Waals surface area contributed by atoms with Gasteiger partial charge in [0.25, 0.3) is 0 Å². The van der Waals surface area contributed by atoms with Crippen LogP contribution in [-0.4, -0.2) is 12.5 Å². The Kier molecular flexibility index (Phi) is 4.74. The lowest BCUT2D eigenvalue weighted by Crippen LogP contribution is -2.09. The molecule has 0 fully saturated rings. The molecule has 0 aromatic rings. The molecule has 1 atom stereocenters. The molecule has 1 unspecified atom stereocenters. The molecule has 0 aromatic heterocycles. The number of hydrogen-bond acceptors (Lipinski definition) is 2. The summed E-state index contributed by atoms with van der Waals surface area (Å²) in [4.78, 5) is 4.54. The molecule has 0 bridgehead atoms. The van der Waals surface area contributed by atoms with E-state index in [1.807, 2.05) is 37.3 Å². The highest BCUT2D eigenvalue weighted by Crippen LogP contribution is 2.21. The normalized spacial score (nSPS) is 24.8. The van der Waals surface area contributed by atoms with Crippen molar-refractivity contribution in [3.63, 3.8) is 0 Å². The topological polar surface area (TPSA) is 21.6 Å². The van der Waals surface area contributed by atoms with E-state index < -0.39 is 0 Å². The maximum absolute atomic E-state index is 5.66. The summed E-state index contributed by atoms with van der Waals surface area (Å²) in [5.74, 6) is 0.849. The molecule has 0 saturated heterocycles. The second-order valence-electron chi connectivity index (χ2n) is 4.34. The molecule has 1 heterocycles. The fraction of sp³-hybridized carbons (Fsp3) is 0.188. The van der Waals surface area contributed by atoms with Gasteiger partial charge in [-0.15, -0.1) is 0 Å². The first-order chi connectivity index (χ1) is 9.19. The first-order valence-electron chi connectivity index (χ1n) is 6.12. The molecule has 0 radical (unpaired) electrons. The summed E-state index contributed by atoms with van der Waals surface area (Å²) < 4.78 is 6.71. The Morgan fingerprint density at radius 2 is 2.37 bits per heavy atom. The minimum atomic E-state index is 0.0980. The van der Waals surface area contributed by atoms with Crippen LogP contribution in [0, 0.1) is 5.92 Å². The van der Waals surface area contributed by atoms with Crippen LogP contribution >= 0.6 is 15.9 Å². The summed E-state index contributed by atoms with van der Waals surface area (Å²) in [6.45, 7) is 6.23. The summed E-state index contributed by atoms with van der Waals surface area (Å²) in [6.07, 6.45) is 15.9.